The van der Waals surface area contributed by atoms with Crippen molar-refractivity contribution in [3.8, 4) is 0 Å². The fourth-order valence-corrected chi connectivity index (χ4v) is 5.79. The molecule has 1 unspecified atom stereocenters. The summed E-state index contributed by atoms with van der Waals surface area (Å²) in [4.78, 5) is 106. The Morgan fingerprint density at radius 1 is 1.02 bits per heavy atom. The van der Waals surface area contributed by atoms with Crippen molar-refractivity contribution in [3.05, 3.63) is 61.8 Å². The summed E-state index contributed by atoms with van der Waals surface area (Å²) in [6.07, 6.45) is 1.41. The Morgan fingerprint density at radius 3 is 2.48 bits per heavy atom. The summed E-state index contributed by atoms with van der Waals surface area (Å²) in [5.74, 6) is -4.14. The lowest BCUT2D eigenvalue weighted by Gasteiger charge is -2.27. The standard InChI is InChI=1S/C30H31N9O9/c31-23-16(24(32)42)12-17-25(36-23)38(14-4-5-14)30(47)37(27(17)44)13-21(41)34-9-11-48-10-8-33-18-3-1-2-15-22(18)29(46)39(28(15)45)19-6-7-20(40)35-26(19)43/h1-3,12,14,19,33H,4-11,13H2,(H2,31,36)(H2,32,42)(H,34,41)(H,35,40,43). The van der Waals surface area contributed by atoms with E-state index in [2.05, 4.69) is 20.9 Å². The molecule has 250 valence electrons. The molecule has 2 aliphatic heterocycles. The number of hydrogen-bond donors (Lipinski definition) is 5. The minimum Gasteiger partial charge on any atom is -0.383 e. The van der Waals surface area contributed by atoms with Crippen molar-refractivity contribution in [3.63, 3.8) is 0 Å². The number of anilines is 2. The molecular weight excluding hydrogens is 630 g/mol. The van der Waals surface area contributed by atoms with Crippen LogP contribution < -0.4 is 38.7 Å². The fourth-order valence-electron chi connectivity index (χ4n) is 5.79. The van der Waals surface area contributed by atoms with Crippen LogP contribution in [0.1, 0.15) is 62.8 Å². The van der Waals surface area contributed by atoms with Gasteiger partial charge >= 0.3 is 5.69 Å². The molecule has 18 nitrogen and oxygen atoms in total. The molecule has 7 N–H and O–H groups in total. The van der Waals surface area contributed by atoms with Crippen LogP contribution in [0.4, 0.5) is 11.5 Å². The van der Waals surface area contributed by atoms with E-state index in [0.29, 0.717) is 18.5 Å². The van der Waals surface area contributed by atoms with Gasteiger partial charge in [-0.25, -0.2) is 9.78 Å². The zero-order valence-corrected chi connectivity index (χ0v) is 25.4. The smallest absolute Gasteiger partial charge is 0.333 e. The molecule has 0 bridgehead atoms. The van der Waals surface area contributed by atoms with Crippen molar-refractivity contribution < 1.29 is 33.5 Å². The predicted molar refractivity (Wildman–Crippen MR) is 167 cm³/mol. The molecule has 3 aromatic rings. The van der Waals surface area contributed by atoms with Gasteiger partial charge in [0.2, 0.25) is 17.7 Å². The lowest BCUT2D eigenvalue weighted by Crippen LogP contribution is -2.54. The average Bonchev–Trinajstić information content (AvgIpc) is 3.84. The van der Waals surface area contributed by atoms with E-state index in [4.69, 9.17) is 16.2 Å². The molecule has 2 fully saturated rings. The maximum absolute atomic E-state index is 13.2. The van der Waals surface area contributed by atoms with Gasteiger partial charge in [-0.3, -0.25) is 52.9 Å². The van der Waals surface area contributed by atoms with E-state index in [9.17, 15) is 38.4 Å². The Morgan fingerprint density at radius 2 is 1.77 bits per heavy atom. The highest BCUT2D eigenvalue weighted by atomic mass is 16.5. The Kier molecular flexibility index (Phi) is 8.48. The Hall–Kier alpha value is -5.91. The van der Waals surface area contributed by atoms with Gasteiger partial charge < -0.3 is 26.8 Å². The topological polar surface area (TPSA) is 260 Å². The minimum atomic E-state index is -1.08. The molecule has 18 heteroatoms. The van der Waals surface area contributed by atoms with Crippen LogP contribution in [0.15, 0.2) is 33.9 Å². The lowest BCUT2D eigenvalue weighted by molar-refractivity contribution is -0.136. The fraction of sp³-hybridized carbons (Fsp3) is 0.367. The molecule has 1 aromatic carbocycles. The minimum absolute atomic E-state index is 0.0155. The van der Waals surface area contributed by atoms with Crippen LogP contribution in [0.5, 0.6) is 0 Å². The van der Waals surface area contributed by atoms with E-state index in [0.717, 1.165) is 9.47 Å². The van der Waals surface area contributed by atoms with Gasteiger partial charge in [-0.05, 0) is 37.5 Å². The number of rotatable bonds is 12. The molecule has 0 radical (unpaired) electrons. The van der Waals surface area contributed by atoms with Gasteiger partial charge in [-0.1, -0.05) is 6.07 Å². The number of carbonyl (C=O) groups excluding carboxylic acids is 6. The molecule has 1 saturated carbocycles. The first-order valence-corrected chi connectivity index (χ1v) is 15.2. The summed E-state index contributed by atoms with van der Waals surface area (Å²) in [6, 6.07) is 4.59. The van der Waals surface area contributed by atoms with Crippen LogP contribution in [0, 0.1) is 0 Å². The van der Waals surface area contributed by atoms with Gasteiger partial charge in [0.15, 0.2) is 5.65 Å². The van der Waals surface area contributed by atoms with Crippen LogP contribution in [0.25, 0.3) is 11.0 Å². The number of benzene rings is 1. The van der Waals surface area contributed by atoms with Crippen molar-refractivity contribution in [2.75, 3.05) is 37.4 Å². The SMILES string of the molecule is NC(=O)c1cc2c(=O)n(CC(=O)NCCOCCNc3cccc4c3C(=O)N(C3CCC(=O)NC3=O)C4=O)c(=O)n(C3CC3)c2nc1N. The van der Waals surface area contributed by atoms with Crippen molar-refractivity contribution in [2.45, 2.75) is 44.3 Å². The van der Waals surface area contributed by atoms with Crippen LogP contribution >= 0.6 is 0 Å². The van der Waals surface area contributed by atoms with E-state index in [1.807, 2.05) is 0 Å². The van der Waals surface area contributed by atoms with Gasteiger partial charge in [0.05, 0.1) is 35.3 Å². The number of fused-ring (bicyclic) bond motifs is 2. The normalized spacial score (nSPS) is 17.4. The largest absolute Gasteiger partial charge is 0.383 e. The number of imide groups is 2. The number of hydrogen-bond acceptors (Lipinski definition) is 12. The average molecular weight is 662 g/mol. The maximum Gasteiger partial charge on any atom is 0.333 e. The highest BCUT2D eigenvalue weighted by molar-refractivity contribution is 6.25. The first-order chi connectivity index (χ1) is 23.0. The number of aromatic nitrogens is 3. The third-order valence-electron chi connectivity index (χ3n) is 8.25. The van der Waals surface area contributed by atoms with E-state index in [-0.39, 0.29) is 78.7 Å². The second-order valence-electron chi connectivity index (χ2n) is 11.5. The number of nitrogen functional groups attached to an aromatic ring is 1. The highest BCUT2D eigenvalue weighted by Gasteiger charge is 2.45. The quantitative estimate of drug-likeness (QED) is 0.107. The summed E-state index contributed by atoms with van der Waals surface area (Å²) >= 11 is 0. The molecule has 2 aromatic heterocycles. The highest BCUT2D eigenvalue weighted by Crippen LogP contribution is 2.35. The van der Waals surface area contributed by atoms with Crippen molar-refractivity contribution in [1.82, 2.24) is 29.7 Å². The van der Waals surface area contributed by atoms with E-state index >= 15 is 0 Å². The Balaban J connectivity index is 1.02. The molecule has 1 saturated heterocycles. The zero-order valence-electron chi connectivity index (χ0n) is 25.4. The number of carbonyl (C=O) groups is 6. The molecular formula is C30H31N9O9. The van der Waals surface area contributed by atoms with Crippen molar-refractivity contribution >= 4 is 58.0 Å². The molecule has 0 spiro atoms. The summed E-state index contributed by atoms with van der Waals surface area (Å²) in [7, 11) is 0. The molecule has 1 aliphatic carbocycles. The Bertz CT molecular complexity index is 2030. The van der Waals surface area contributed by atoms with E-state index in [1.165, 1.54) is 16.7 Å². The van der Waals surface area contributed by atoms with Crippen LogP contribution in [0.2, 0.25) is 0 Å². The summed E-state index contributed by atoms with van der Waals surface area (Å²) in [6.45, 7) is -0.0854. The summed E-state index contributed by atoms with van der Waals surface area (Å²) in [5.41, 5.74) is 10.1. The number of piperidine rings is 1. The van der Waals surface area contributed by atoms with Gasteiger partial charge in [-0.15, -0.1) is 0 Å². The number of pyridine rings is 1. The summed E-state index contributed by atoms with van der Waals surface area (Å²) < 4.78 is 7.63. The zero-order chi connectivity index (χ0) is 34.3. The monoisotopic (exact) mass is 661 g/mol. The number of primary amides is 1. The predicted octanol–water partition coefficient (Wildman–Crippen LogP) is -1.78. The third-order valence-corrected chi connectivity index (χ3v) is 8.25. The number of nitrogens with zero attached hydrogens (tertiary/aromatic N) is 4. The molecule has 48 heavy (non-hydrogen) atoms. The van der Waals surface area contributed by atoms with Gasteiger partial charge in [0.25, 0.3) is 23.3 Å². The number of amides is 6. The van der Waals surface area contributed by atoms with Gasteiger partial charge in [-0.2, -0.15) is 0 Å². The first-order valence-electron chi connectivity index (χ1n) is 15.2. The molecule has 6 amide bonds. The van der Waals surface area contributed by atoms with Crippen LogP contribution in [-0.4, -0.2) is 86.8 Å². The van der Waals surface area contributed by atoms with E-state index < -0.39 is 59.3 Å². The number of nitrogens with two attached hydrogens (primary N) is 2. The second kappa shape index (κ2) is 12.7. The lowest BCUT2D eigenvalue weighted by atomic mass is 10.0. The van der Waals surface area contributed by atoms with Crippen LogP contribution in [0.3, 0.4) is 0 Å². The third kappa shape index (κ3) is 5.88. The van der Waals surface area contributed by atoms with E-state index in [1.54, 1.807) is 12.1 Å². The summed E-state index contributed by atoms with van der Waals surface area (Å²) in [5, 5.41) is 7.73. The molecule has 6 rings (SSSR count). The molecule has 3 aliphatic rings. The molecule has 1 atom stereocenters. The van der Waals surface area contributed by atoms with Crippen molar-refractivity contribution in [2.24, 2.45) is 5.73 Å². The Labute approximate surface area is 270 Å². The molecule has 4 heterocycles. The number of nitrogens with one attached hydrogen (secondary N) is 3. The maximum atomic E-state index is 13.2. The van der Waals surface area contributed by atoms with Gasteiger partial charge in [0.1, 0.15) is 18.4 Å². The second-order valence-corrected chi connectivity index (χ2v) is 11.5. The van der Waals surface area contributed by atoms with Crippen molar-refractivity contribution in [1.29, 1.82) is 0 Å². The number of ether oxygens (including phenoxy) is 1. The first kappa shape index (κ1) is 32.0. The van der Waals surface area contributed by atoms with Crippen LogP contribution in [-0.2, 0) is 25.7 Å². The van der Waals surface area contributed by atoms with Gasteiger partial charge in [0, 0.05) is 31.2 Å².